The SMILES string of the molecule is CC[C@@H](C)[C@@H](NC(=O)[C@@H](Cc1c[nH]c2ccccc12)N(C(=O)OCc1ccccc1)C(=O)[C@H](CCCCN)NC(=O)OC(C)(C)C)C(=O)N[C@H]1CCN(N(C(=O)CCC(C)C)C(CCSC)C(N)=O)C1=O. The number of alkyl carbamates (subject to hydrolysis) is 1. The van der Waals surface area contributed by atoms with Gasteiger partial charge in [0.05, 0.1) is 0 Å². The fraction of sp³-hybridized carbons (Fsp3) is 0.569. The van der Waals surface area contributed by atoms with Crippen molar-refractivity contribution in [2.24, 2.45) is 23.3 Å². The number of amides is 8. The van der Waals surface area contributed by atoms with E-state index in [0.717, 1.165) is 10.5 Å². The summed E-state index contributed by atoms with van der Waals surface area (Å²) in [5, 5.41) is 11.3. The largest absolute Gasteiger partial charge is 0.444 e. The van der Waals surface area contributed by atoms with Crippen molar-refractivity contribution in [3.05, 3.63) is 71.9 Å². The predicted octanol–water partition coefficient (Wildman–Crippen LogP) is 5.30. The first kappa shape index (κ1) is 57.4. The lowest BCUT2D eigenvalue weighted by Gasteiger charge is -2.37. The van der Waals surface area contributed by atoms with Crippen LogP contribution < -0.4 is 27.4 Å². The Kier molecular flexibility index (Phi) is 22.2. The highest BCUT2D eigenvalue weighted by Crippen LogP contribution is 2.25. The molecule has 1 aliphatic rings. The Labute approximate surface area is 421 Å². The number of fused-ring (bicyclic) bond motifs is 1. The van der Waals surface area contributed by atoms with E-state index < -0.39 is 89.4 Å². The van der Waals surface area contributed by atoms with Crippen LogP contribution in [0.3, 0.4) is 0 Å². The first-order valence-corrected chi connectivity index (χ1v) is 25.9. The third-order valence-corrected chi connectivity index (χ3v) is 12.9. The van der Waals surface area contributed by atoms with Crippen LogP contribution in [0.4, 0.5) is 9.59 Å². The molecule has 0 bridgehead atoms. The smallest absolute Gasteiger partial charge is 0.417 e. The van der Waals surface area contributed by atoms with Crippen LogP contribution in [0.2, 0.25) is 0 Å². The third-order valence-electron chi connectivity index (χ3n) is 12.2. The molecule has 0 aliphatic carbocycles. The monoisotopic (exact) mass is 1010 g/mol. The van der Waals surface area contributed by atoms with Gasteiger partial charge in [-0.25, -0.2) is 24.5 Å². The maximum Gasteiger partial charge on any atom is 0.417 e. The third kappa shape index (κ3) is 16.7. The van der Waals surface area contributed by atoms with Gasteiger partial charge in [0.25, 0.3) is 11.8 Å². The van der Waals surface area contributed by atoms with Gasteiger partial charge in [-0.3, -0.25) is 28.8 Å². The quantitative estimate of drug-likeness (QED) is 0.0560. The van der Waals surface area contributed by atoms with Crippen LogP contribution >= 0.6 is 11.8 Å². The van der Waals surface area contributed by atoms with Crippen molar-refractivity contribution in [3.63, 3.8) is 0 Å². The van der Waals surface area contributed by atoms with Crippen molar-refractivity contribution >= 4 is 70.3 Å². The average Bonchev–Trinajstić information content (AvgIpc) is 3.90. The van der Waals surface area contributed by atoms with Gasteiger partial charge in [-0.2, -0.15) is 11.8 Å². The van der Waals surface area contributed by atoms with Crippen LogP contribution in [0.15, 0.2) is 60.8 Å². The number of thioether (sulfide) groups is 1. The number of para-hydroxylation sites is 1. The van der Waals surface area contributed by atoms with Crippen molar-refractivity contribution in [2.75, 3.05) is 25.1 Å². The molecule has 8 N–H and O–H groups in total. The average molecular weight is 1010 g/mol. The van der Waals surface area contributed by atoms with Gasteiger partial charge < -0.3 is 41.9 Å². The first-order chi connectivity index (χ1) is 33.7. The lowest BCUT2D eigenvalue weighted by molar-refractivity contribution is -0.168. The van der Waals surface area contributed by atoms with E-state index in [-0.39, 0.29) is 57.7 Å². The molecule has 1 saturated heterocycles. The number of nitrogens with two attached hydrogens (primary N) is 2. The number of primary amides is 1. The van der Waals surface area contributed by atoms with E-state index in [1.54, 1.807) is 70.3 Å². The Morgan fingerprint density at radius 2 is 1.61 bits per heavy atom. The molecule has 8 amide bonds. The van der Waals surface area contributed by atoms with Crippen LogP contribution in [0.1, 0.15) is 111 Å². The van der Waals surface area contributed by atoms with Gasteiger partial charge in [0.2, 0.25) is 23.6 Å². The second-order valence-corrected chi connectivity index (χ2v) is 20.4. The normalized spacial score (nSPS) is 15.8. The summed E-state index contributed by atoms with van der Waals surface area (Å²) in [6.45, 7) is 12.4. The number of hydrogen-bond acceptors (Lipinski definition) is 12. The molecular weight excluding hydrogens is 931 g/mol. The summed E-state index contributed by atoms with van der Waals surface area (Å²) < 4.78 is 11.3. The molecule has 1 fully saturated rings. The lowest BCUT2D eigenvalue weighted by atomic mass is 9.96. The van der Waals surface area contributed by atoms with Gasteiger partial charge in [-0.05, 0) is 107 Å². The number of nitrogens with zero attached hydrogens (tertiary/aromatic N) is 3. The molecule has 1 aromatic heterocycles. The number of hydrogen-bond donors (Lipinski definition) is 6. The van der Waals surface area contributed by atoms with Crippen LogP contribution in [-0.2, 0) is 51.3 Å². The fourth-order valence-electron chi connectivity index (χ4n) is 8.18. The highest BCUT2D eigenvalue weighted by molar-refractivity contribution is 7.98. The van der Waals surface area contributed by atoms with Gasteiger partial charge in [0.15, 0.2) is 0 Å². The molecule has 19 nitrogen and oxygen atoms in total. The summed E-state index contributed by atoms with van der Waals surface area (Å²) in [6, 6.07) is 9.38. The molecule has 1 unspecified atom stereocenters. The first-order valence-electron chi connectivity index (χ1n) is 24.5. The molecule has 1 aliphatic heterocycles. The van der Waals surface area contributed by atoms with Gasteiger partial charge >= 0.3 is 12.2 Å². The van der Waals surface area contributed by atoms with E-state index in [2.05, 4.69) is 20.9 Å². The van der Waals surface area contributed by atoms with Crippen molar-refractivity contribution in [3.8, 4) is 0 Å². The Bertz CT molecular complexity index is 2290. The number of carbonyl (C=O) groups is 8. The van der Waals surface area contributed by atoms with Gasteiger partial charge in [-0.15, -0.1) is 0 Å². The number of benzene rings is 2. The van der Waals surface area contributed by atoms with E-state index >= 15 is 9.59 Å². The topological polar surface area (TPSA) is 269 Å². The Balaban J connectivity index is 1.76. The second kappa shape index (κ2) is 27.5. The van der Waals surface area contributed by atoms with Crippen molar-refractivity contribution < 1.29 is 47.8 Å². The summed E-state index contributed by atoms with van der Waals surface area (Å²) in [7, 11) is 0. The van der Waals surface area contributed by atoms with E-state index in [4.69, 9.17) is 20.9 Å². The van der Waals surface area contributed by atoms with Crippen molar-refractivity contribution in [1.29, 1.82) is 0 Å². The summed E-state index contributed by atoms with van der Waals surface area (Å²) in [5.41, 5.74) is 12.6. The molecule has 0 spiro atoms. The molecule has 390 valence electrons. The number of aromatic nitrogens is 1. The van der Waals surface area contributed by atoms with Crippen molar-refractivity contribution in [2.45, 2.75) is 149 Å². The number of H-pyrrole nitrogens is 1. The lowest BCUT2D eigenvalue weighted by Crippen LogP contribution is -2.62. The summed E-state index contributed by atoms with van der Waals surface area (Å²) in [4.78, 5) is 118. The molecule has 2 heterocycles. The molecule has 0 radical (unpaired) electrons. The minimum atomic E-state index is -1.68. The molecule has 3 aromatic rings. The molecular formula is C51H75N9O10S. The number of aromatic amines is 1. The molecule has 0 saturated carbocycles. The maximum atomic E-state index is 15.2. The molecule has 6 atom stereocenters. The predicted molar refractivity (Wildman–Crippen MR) is 272 cm³/mol. The summed E-state index contributed by atoms with van der Waals surface area (Å²) in [5.74, 6) is -4.36. The zero-order valence-electron chi connectivity index (χ0n) is 42.5. The van der Waals surface area contributed by atoms with E-state index in [9.17, 15) is 28.8 Å². The van der Waals surface area contributed by atoms with E-state index in [0.29, 0.717) is 52.8 Å². The number of nitrogens with one attached hydrogen (secondary N) is 4. The van der Waals surface area contributed by atoms with Gasteiger partial charge in [0.1, 0.15) is 42.4 Å². The number of hydrazine groups is 1. The van der Waals surface area contributed by atoms with Crippen LogP contribution in [0, 0.1) is 11.8 Å². The molecule has 71 heavy (non-hydrogen) atoms. The zero-order valence-corrected chi connectivity index (χ0v) is 43.3. The Morgan fingerprint density at radius 3 is 2.24 bits per heavy atom. The van der Waals surface area contributed by atoms with Crippen LogP contribution in [0.5, 0.6) is 0 Å². The number of rotatable bonds is 26. The molecule has 4 rings (SSSR count). The molecule has 2 aromatic carbocycles. The minimum absolute atomic E-state index is 0.000753. The van der Waals surface area contributed by atoms with E-state index in [1.165, 1.54) is 16.8 Å². The maximum absolute atomic E-state index is 15.2. The highest BCUT2D eigenvalue weighted by atomic mass is 32.2. The Morgan fingerprint density at radius 1 is 0.915 bits per heavy atom. The van der Waals surface area contributed by atoms with Crippen LogP contribution in [0.25, 0.3) is 10.9 Å². The highest BCUT2D eigenvalue weighted by Gasteiger charge is 2.45. The summed E-state index contributed by atoms with van der Waals surface area (Å²) >= 11 is 1.46. The number of ether oxygens (including phenoxy) is 2. The standard InChI is InChI=1S/C51H75N9O10S/c1-9-33(4)43(46(64)55-39-24-27-58(47(39)65)60(42(61)23-22-32(2)3)40(44(53)62)25-28-71-8)57-45(63)41(29-35-30-54-37-20-14-13-19-36(35)37)59(50(68)69-31-34-17-11-10-12-18-34)48(66)38(21-15-16-26-52)56-49(67)70-51(5,6)7/h10-14,17-20,30,32-33,38-41,43,54H,9,15-16,21-29,31,52H2,1-8H3,(H2,53,62)(H,55,64)(H,56,67)(H,57,63)/t33-,38+,39+,40?,41-,43-/m1/s1. The number of unbranched alkanes of at least 4 members (excludes halogenated alkanes) is 1. The van der Waals surface area contributed by atoms with Gasteiger partial charge in [-0.1, -0.05) is 82.6 Å². The van der Waals surface area contributed by atoms with Crippen molar-refractivity contribution in [1.82, 2.24) is 35.9 Å². The zero-order chi connectivity index (χ0) is 52.4. The van der Waals surface area contributed by atoms with Gasteiger partial charge in [0, 0.05) is 36.5 Å². The fourth-order valence-corrected chi connectivity index (χ4v) is 8.64. The Hall–Kier alpha value is -6.15. The molecule has 20 heteroatoms. The number of carbonyl (C=O) groups excluding carboxylic acids is 8. The van der Waals surface area contributed by atoms with Crippen LogP contribution in [-0.4, -0.2) is 128 Å². The summed E-state index contributed by atoms with van der Waals surface area (Å²) in [6.07, 6.45) is 3.20. The minimum Gasteiger partial charge on any atom is -0.444 e. The number of imide groups is 1. The van der Waals surface area contributed by atoms with E-state index in [1.807, 2.05) is 45.2 Å². The second-order valence-electron chi connectivity index (χ2n) is 19.4.